The largest absolute Gasteiger partial charge is 0.481 e. The fraction of sp³-hybridized carbons (Fsp3) is 0.562. The van der Waals surface area contributed by atoms with E-state index in [0.29, 0.717) is 6.42 Å². The van der Waals surface area contributed by atoms with E-state index in [9.17, 15) is 4.79 Å². The number of likely N-dealkylation sites (N-methyl/N-ethyl adjacent to an activating group) is 1. The molecule has 104 valence electrons. The predicted molar refractivity (Wildman–Crippen MR) is 76.5 cm³/mol. The number of benzene rings is 1. The van der Waals surface area contributed by atoms with Crippen molar-refractivity contribution in [3.8, 4) is 5.75 Å². The summed E-state index contributed by atoms with van der Waals surface area (Å²) in [5.74, 6) is 0.850. The molecule has 2 rings (SSSR count). The van der Waals surface area contributed by atoms with Gasteiger partial charge in [0.2, 0.25) is 0 Å². The average molecular weight is 261 g/mol. The van der Waals surface area contributed by atoms with Gasteiger partial charge in [0, 0.05) is 14.1 Å². The van der Waals surface area contributed by atoms with E-state index in [1.807, 2.05) is 13.0 Å². The molecule has 0 heterocycles. The van der Waals surface area contributed by atoms with Crippen LogP contribution in [0, 0.1) is 0 Å². The van der Waals surface area contributed by atoms with Gasteiger partial charge in [0.05, 0.1) is 0 Å². The zero-order valence-electron chi connectivity index (χ0n) is 12.1. The van der Waals surface area contributed by atoms with Crippen LogP contribution in [-0.4, -0.2) is 31.0 Å². The lowest BCUT2D eigenvalue weighted by Crippen LogP contribution is -2.37. The molecule has 1 aromatic rings. The topological polar surface area (TPSA) is 29.5 Å². The van der Waals surface area contributed by atoms with Gasteiger partial charge in [-0.1, -0.05) is 13.0 Å². The first kappa shape index (κ1) is 13.9. The van der Waals surface area contributed by atoms with Crippen LogP contribution in [0.2, 0.25) is 0 Å². The van der Waals surface area contributed by atoms with E-state index in [2.05, 4.69) is 12.1 Å². The summed E-state index contributed by atoms with van der Waals surface area (Å²) in [6.07, 6.45) is 5.15. The summed E-state index contributed by atoms with van der Waals surface area (Å²) in [6.45, 7) is 1.98. The van der Waals surface area contributed by atoms with Crippen molar-refractivity contribution < 1.29 is 9.53 Å². The lowest BCUT2D eigenvalue weighted by Gasteiger charge is -2.22. The van der Waals surface area contributed by atoms with Crippen molar-refractivity contribution in [1.29, 1.82) is 0 Å². The first-order valence-corrected chi connectivity index (χ1v) is 7.11. The Balaban J connectivity index is 2.11. The number of amides is 1. The van der Waals surface area contributed by atoms with Crippen LogP contribution in [0.1, 0.15) is 37.3 Å². The van der Waals surface area contributed by atoms with Crippen LogP contribution in [0.3, 0.4) is 0 Å². The minimum atomic E-state index is -0.378. The standard InChI is InChI=1S/C16H23NO2/c1-4-15(16(18)17(2)3)19-14-10-9-12-7-5-6-8-13(12)11-14/h9-11,15H,4-8H2,1-3H3. The summed E-state index contributed by atoms with van der Waals surface area (Å²) in [4.78, 5) is 13.6. The Bertz CT molecular complexity index is 454. The van der Waals surface area contributed by atoms with Crippen molar-refractivity contribution in [3.05, 3.63) is 29.3 Å². The quantitative estimate of drug-likeness (QED) is 0.834. The number of hydrogen-bond acceptors (Lipinski definition) is 2. The Morgan fingerprint density at radius 3 is 2.58 bits per heavy atom. The number of rotatable bonds is 4. The molecule has 0 saturated heterocycles. The summed E-state index contributed by atoms with van der Waals surface area (Å²) < 4.78 is 5.86. The summed E-state index contributed by atoms with van der Waals surface area (Å²) >= 11 is 0. The van der Waals surface area contributed by atoms with Gasteiger partial charge >= 0.3 is 0 Å². The summed E-state index contributed by atoms with van der Waals surface area (Å²) in [5.41, 5.74) is 2.82. The van der Waals surface area contributed by atoms with Gasteiger partial charge < -0.3 is 9.64 Å². The van der Waals surface area contributed by atoms with Crippen LogP contribution in [-0.2, 0) is 17.6 Å². The molecule has 19 heavy (non-hydrogen) atoms. The second kappa shape index (κ2) is 6.09. The van der Waals surface area contributed by atoms with Crippen LogP contribution >= 0.6 is 0 Å². The minimum absolute atomic E-state index is 0.0280. The molecule has 0 radical (unpaired) electrons. The van der Waals surface area contributed by atoms with E-state index in [1.165, 1.54) is 30.4 Å². The molecule has 0 spiro atoms. The molecule has 1 unspecified atom stereocenters. The van der Waals surface area contributed by atoms with Crippen molar-refractivity contribution in [2.24, 2.45) is 0 Å². The molecule has 1 aliphatic rings. The molecule has 0 bridgehead atoms. The van der Waals surface area contributed by atoms with Gasteiger partial charge in [-0.15, -0.1) is 0 Å². The third-order valence-electron chi connectivity index (χ3n) is 3.69. The van der Waals surface area contributed by atoms with Crippen molar-refractivity contribution >= 4 is 5.91 Å². The highest BCUT2D eigenvalue weighted by Crippen LogP contribution is 2.26. The van der Waals surface area contributed by atoms with Crippen LogP contribution in [0.4, 0.5) is 0 Å². The zero-order chi connectivity index (χ0) is 13.8. The second-order valence-corrected chi connectivity index (χ2v) is 5.39. The SMILES string of the molecule is CCC(Oc1ccc2c(c1)CCCC2)C(=O)N(C)C. The zero-order valence-corrected chi connectivity index (χ0v) is 12.1. The van der Waals surface area contributed by atoms with Crippen LogP contribution in [0.25, 0.3) is 0 Å². The Hall–Kier alpha value is -1.51. The van der Waals surface area contributed by atoms with E-state index >= 15 is 0 Å². The molecule has 1 amide bonds. The van der Waals surface area contributed by atoms with Gasteiger partial charge in [-0.3, -0.25) is 4.79 Å². The van der Waals surface area contributed by atoms with Gasteiger partial charge in [0.15, 0.2) is 6.10 Å². The van der Waals surface area contributed by atoms with Crippen molar-refractivity contribution in [1.82, 2.24) is 4.90 Å². The molecule has 0 fully saturated rings. The highest BCUT2D eigenvalue weighted by Gasteiger charge is 2.20. The number of carbonyl (C=O) groups is 1. The van der Waals surface area contributed by atoms with E-state index in [-0.39, 0.29) is 12.0 Å². The Morgan fingerprint density at radius 2 is 1.95 bits per heavy atom. The van der Waals surface area contributed by atoms with Gasteiger partial charge in [-0.05, 0) is 55.4 Å². The highest BCUT2D eigenvalue weighted by atomic mass is 16.5. The normalized spacial score (nSPS) is 15.5. The number of carbonyl (C=O) groups excluding carboxylic acids is 1. The minimum Gasteiger partial charge on any atom is -0.481 e. The number of nitrogens with zero attached hydrogens (tertiary/aromatic N) is 1. The van der Waals surface area contributed by atoms with Gasteiger partial charge in [0.1, 0.15) is 5.75 Å². The summed E-state index contributed by atoms with van der Waals surface area (Å²) in [6, 6.07) is 6.26. The van der Waals surface area contributed by atoms with Crippen molar-refractivity contribution in [2.75, 3.05) is 14.1 Å². The number of aryl methyl sites for hydroxylation is 2. The fourth-order valence-corrected chi connectivity index (χ4v) is 2.54. The van der Waals surface area contributed by atoms with Crippen molar-refractivity contribution in [2.45, 2.75) is 45.1 Å². The molecule has 0 aliphatic heterocycles. The van der Waals surface area contributed by atoms with E-state index in [1.54, 1.807) is 19.0 Å². The molecule has 3 nitrogen and oxygen atoms in total. The first-order chi connectivity index (χ1) is 9.11. The Kier molecular flexibility index (Phi) is 4.46. The molecule has 3 heteroatoms. The molecular weight excluding hydrogens is 238 g/mol. The van der Waals surface area contributed by atoms with Crippen LogP contribution in [0.15, 0.2) is 18.2 Å². The van der Waals surface area contributed by atoms with Gasteiger partial charge in [0.25, 0.3) is 5.91 Å². The van der Waals surface area contributed by atoms with E-state index < -0.39 is 0 Å². The lowest BCUT2D eigenvalue weighted by molar-refractivity contribution is -0.136. The Morgan fingerprint density at radius 1 is 1.26 bits per heavy atom. The van der Waals surface area contributed by atoms with Crippen molar-refractivity contribution in [3.63, 3.8) is 0 Å². The van der Waals surface area contributed by atoms with Gasteiger partial charge in [-0.2, -0.15) is 0 Å². The Labute approximate surface area is 115 Å². The highest BCUT2D eigenvalue weighted by molar-refractivity contribution is 5.80. The maximum absolute atomic E-state index is 12.0. The second-order valence-electron chi connectivity index (χ2n) is 5.39. The summed E-state index contributed by atoms with van der Waals surface area (Å²) in [5, 5.41) is 0. The lowest BCUT2D eigenvalue weighted by atomic mass is 9.92. The number of fused-ring (bicyclic) bond motifs is 1. The maximum atomic E-state index is 12.0. The van der Waals surface area contributed by atoms with Crippen LogP contribution in [0.5, 0.6) is 5.75 Å². The van der Waals surface area contributed by atoms with Gasteiger partial charge in [-0.25, -0.2) is 0 Å². The molecule has 0 N–H and O–H groups in total. The molecular formula is C16H23NO2. The number of hydrogen-bond donors (Lipinski definition) is 0. The third kappa shape index (κ3) is 3.28. The van der Waals surface area contributed by atoms with E-state index in [4.69, 9.17) is 4.74 Å². The molecule has 1 aromatic carbocycles. The molecule has 0 saturated carbocycles. The molecule has 1 atom stereocenters. The molecule has 0 aromatic heterocycles. The monoisotopic (exact) mass is 261 g/mol. The smallest absolute Gasteiger partial charge is 0.263 e. The fourth-order valence-electron chi connectivity index (χ4n) is 2.54. The summed E-state index contributed by atoms with van der Waals surface area (Å²) in [7, 11) is 3.53. The average Bonchev–Trinajstić information content (AvgIpc) is 2.43. The first-order valence-electron chi connectivity index (χ1n) is 7.11. The number of ether oxygens (including phenoxy) is 1. The third-order valence-corrected chi connectivity index (χ3v) is 3.69. The predicted octanol–water partition coefficient (Wildman–Crippen LogP) is 2.81. The maximum Gasteiger partial charge on any atom is 0.263 e. The van der Waals surface area contributed by atoms with E-state index in [0.717, 1.165) is 12.2 Å². The molecule has 1 aliphatic carbocycles. The van der Waals surface area contributed by atoms with Crippen LogP contribution < -0.4 is 4.74 Å².